The van der Waals surface area contributed by atoms with Crippen LogP contribution in [-0.2, 0) is 6.54 Å². The predicted octanol–water partition coefficient (Wildman–Crippen LogP) is 3.91. The van der Waals surface area contributed by atoms with E-state index in [2.05, 4.69) is 34.6 Å². The second-order valence-electron chi connectivity index (χ2n) is 7.54. The second kappa shape index (κ2) is 13.2. The molecule has 2 N–H and O–H groups in total. The molecule has 32 heavy (non-hydrogen) atoms. The van der Waals surface area contributed by atoms with Gasteiger partial charge in [0.1, 0.15) is 5.75 Å². The molecule has 0 amide bonds. The smallest absolute Gasteiger partial charge is 0.191 e. The Labute approximate surface area is 208 Å². The largest absolute Gasteiger partial charge is 0.495 e. The first-order valence-electron chi connectivity index (χ1n) is 10.8. The summed E-state index contributed by atoms with van der Waals surface area (Å²) in [5.74, 6) is 3.75. The number of benzene rings is 2. The van der Waals surface area contributed by atoms with Gasteiger partial charge < -0.3 is 29.7 Å². The molecule has 2 aromatic rings. The minimum Gasteiger partial charge on any atom is -0.495 e. The van der Waals surface area contributed by atoms with Gasteiger partial charge in [-0.2, -0.15) is 0 Å². The predicted molar refractivity (Wildman–Crippen MR) is 141 cm³/mol. The summed E-state index contributed by atoms with van der Waals surface area (Å²) in [5.41, 5.74) is 2.24. The Balaban J connectivity index is 0.00000363. The van der Waals surface area contributed by atoms with Crippen molar-refractivity contribution in [3.63, 3.8) is 0 Å². The van der Waals surface area contributed by atoms with Crippen LogP contribution in [0.1, 0.15) is 18.9 Å². The number of guanidine groups is 1. The lowest BCUT2D eigenvalue weighted by atomic mass is 10.1. The highest BCUT2D eigenvalue weighted by Gasteiger charge is 2.24. The Morgan fingerprint density at radius 1 is 1.00 bits per heavy atom. The van der Waals surface area contributed by atoms with Crippen molar-refractivity contribution in [3.8, 4) is 17.2 Å². The van der Waals surface area contributed by atoms with Crippen molar-refractivity contribution in [2.75, 3.05) is 52.4 Å². The molecule has 3 rings (SSSR count). The zero-order valence-corrected chi connectivity index (χ0v) is 21.7. The number of aliphatic imine (C=N–C) groups is 1. The van der Waals surface area contributed by atoms with Gasteiger partial charge in [0, 0.05) is 26.2 Å². The second-order valence-corrected chi connectivity index (χ2v) is 7.54. The number of hydrogen-bond acceptors (Lipinski definition) is 5. The van der Waals surface area contributed by atoms with E-state index < -0.39 is 0 Å². The summed E-state index contributed by atoms with van der Waals surface area (Å²) in [5, 5.41) is 6.85. The number of rotatable bonds is 9. The first-order chi connectivity index (χ1) is 15.2. The van der Waals surface area contributed by atoms with Gasteiger partial charge in [-0.15, -0.1) is 24.0 Å². The van der Waals surface area contributed by atoms with Crippen LogP contribution in [-0.4, -0.2) is 53.5 Å². The average Bonchev–Trinajstić information content (AvgIpc) is 3.29. The molecule has 7 nitrogen and oxygen atoms in total. The van der Waals surface area contributed by atoms with Crippen LogP contribution in [0, 0.1) is 5.92 Å². The Kier molecular flexibility index (Phi) is 10.7. The molecule has 1 fully saturated rings. The fourth-order valence-electron chi connectivity index (χ4n) is 3.84. The minimum atomic E-state index is 0. The summed E-state index contributed by atoms with van der Waals surface area (Å²) in [6.45, 7) is 6.37. The molecule has 0 spiro atoms. The van der Waals surface area contributed by atoms with Crippen molar-refractivity contribution in [2.24, 2.45) is 10.9 Å². The lowest BCUT2D eigenvalue weighted by molar-refractivity contribution is 0.354. The maximum absolute atomic E-state index is 5.52. The average molecular weight is 554 g/mol. The van der Waals surface area contributed by atoms with E-state index in [-0.39, 0.29) is 24.0 Å². The topological polar surface area (TPSA) is 67.4 Å². The van der Waals surface area contributed by atoms with E-state index in [1.54, 1.807) is 21.3 Å². The molecule has 1 aliphatic heterocycles. The highest BCUT2D eigenvalue weighted by Crippen LogP contribution is 2.31. The molecule has 176 valence electrons. The number of hydrogen-bond donors (Lipinski definition) is 2. The molecule has 1 saturated heterocycles. The Hall–Kier alpha value is -2.36. The zero-order valence-electron chi connectivity index (χ0n) is 19.4. The van der Waals surface area contributed by atoms with Crippen LogP contribution < -0.4 is 29.7 Å². The molecule has 8 heteroatoms. The molecule has 0 radical (unpaired) electrons. The van der Waals surface area contributed by atoms with E-state index in [9.17, 15) is 0 Å². The van der Waals surface area contributed by atoms with Gasteiger partial charge in [-0.1, -0.05) is 18.2 Å². The number of nitrogens with one attached hydrogen (secondary N) is 2. The van der Waals surface area contributed by atoms with Crippen molar-refractivity contribution >= 4 is 35.6 Å². The first-order valence-corrected chi connectivity index (χ1v) is 10.8. The van der Waals surface area contributed by atoms with Gasteiger partial charge in [-0.25, -0.2) is 4.99 Å². The molecular weight excluding hydrogens is 519 g/mol. The first kappa shape index (κ1) is 25.9. The third-order valence-corrected chi connectivity index (χ3v) is 5.48. The van der Waals surface area contributed by atoms with Crippen molar-refractivity contribution < 1.29 is 14.2 Å². The highest BCUT2D eigenvalue weighted by molar-refractivity contribution is 14.0. The van der Waals surface area contributed by atoms with Crippen LogP contribution in [0.25, 0.3) is 0 Å². The Bertz CT molecular complexity index is 878. The summed E-state index contributed by atoms with van der Waals surface area (Å²) >= 11 is 0. The SMILES string of the molecule is CCNC(=NCc1ccc(OC)c(OC)c1)NCC1CCN(c2ccccc2OC)C1.I. The van der Waals surface area contributed by atoms with E-state index in [0.29, 0.717) is 12.5 Å². The fourth-order valence-corrected chi connectivity index (χ4v) is 3.84. The Morgan fingerprint density at radius 2 is 1.75 bits per heavy atom. The van der Waals surface area contributed by atoms with Gasteiger partial charge in [0.05, 0.1) is 33.6 Å². The lowest BCUT2D eigenvalue weighted by Gasteiger charge is -2.21. The van der Waals surface area contributed by atoms with Gasteiger partial charge in [0.25, 0.3) is 0 Å². The lowest BCUT2D eigenvalue weighted by Crippen LogP contribution is -2.40. The third-order valence-electron chi connectivity index (χ3n) is 5.48. The van der Waals surface area contributed by atoms with E-state index in [1.807, 2.05) is 30.3 Å². The minimum absolute atomic E-state index is 0. The van der Waals surface area contributed by atoms with Crippen LogP contribution >= 0.6 is 24.0 Å². The van der Waals surface area contributed by atoms with Crippen LogP contribution in [0.2, 0.25) is 0 Å². The quantitative estimate of drug-likeness (QED) is 0.279. The van der Waals surface area contributed by atoms with Gasteiger partial charge in [0.15, 0.2) is 17.5 Å². The molecule has 0 aromatic heterocycles. The molecule has 1 unspecified atom stereocenters. The zero-order chi connectivity index (χ0) is 22.1. The van der Waals surface area contributed by atoms with E-state index in [1.165, 1.54) is 5.69 Å². The summed E-state index contributed by atoms with van der Waals surface area (Å²) in [6.07, 6.45) is 1.14. The molecule has 0 aliphatic carbocycles. The Morgan fingerprint density at radius 3 is 2.47 bits per heavy atom. The van der Waals surface area contributed by atoms with E-state index in [0.717, 1.165) is 61.4 Å². The fraction of sp³-hybridized carbons (Fsp3) is 0.458. The molecule has 1 atom stereocenters. The monoisotopic (exact) mass is 554 g/mol. The van der Waals surface area contributed by atoms with Crippen LogP contribution in [0.5, 0.6) is 17.2 Å². The standard InChI is InChI=1S/C24H34N4O3.HI/c1-5-25-24(26-15-18-10-11-22(30-3)23(14-18)31-4)27-16-19-12-13-28(17-19)20-8-6-7-9-21(20)29-2;/h6-11,14,19H,5,12-13,15-17H2,1-4H3,(H2,25,26,27);1H. The van der Waals surface area contributed by atoms with Crippen molar-refractivity contribution in [1.82, 2.24) is 10.6 Å². The van der Waals surface area contributed by atoms with Crippen molar-refractivity contribution in [2.45, 2.75) is 19.9 Å². The molecule has 1 aliphatic rings. The maximum Gasteiger partial charge on any atom is 0.191 e. The molecular formula is C24H35IN4O3. The van der Waals surface area contributed by atoms with Crippen LogP contribution in [0.4, 0.5) is 5.69 Å². The number of halogens is 1. The third kappa shape index (κ3) is 6.82. The van der Waals surface area contributed by atoms with Crippen LogP contribution in [0.3, 0.4) is 0 Å². The van der Waals surface area contributed by atoms with Crippen molar-refractivity contribution in [1.29, 1.82) is 0 Å². The summed E-state index contributed by atoms with van der Waals surface area (Å²) in [7, 11) is 5.01. The van der Waals surface area contributed by atoms with E-state index in [4.69, 9.17) is 19.2 Å². The van der Waals surface area contributed by atoms with Gasteiger partial charge in [0.2, 0.25) is 0 Å². The van der Waals surface area contributed by atoms with Crippen molar-refractivity contribution in [3.05, 3.63) is 48.0 Å². The summed E-state index contributed by atoms with van der Waals surface area (Å²) in [4.78, 5) is 7.15. The number of anilines is 1. The summed E-state index contributed by atoms with van der Waals surface area (Å²) < 4.78 is 16.2. The van der Waals surface area contributed by atoms with Gasteiger partial charge in [-0.05, 0) is 49.1 Å². The highest BCUT2D eigenvalue weighted by atomic mass is 127. The number of nitrogens with zero attached hydrogens (tertiary/aromatic N) is 2. The normalized spacial score (nSPS) is 15.7. The van der Waals surface area contributed by atoms with E-state index >= 15 is 0 Å². The van der Waals surface area contributed by atoms with Gasteiger partial charge in [-0.3, -0.25) is 0 Å². The molecule has 0 bridgehead atoms. The number of para-hydroxylation sites is 2. The maximum atomic E-state index is 5.52. The molecule has 0 saturated carbocycles. The number of methoxy groups -OCH3 is 3. The van der Waals surface area contributed by atoms with Gasteiger partial charge >= 0.3 is 0 Å². The van der Waals surface area contributed by atoms with Crippen LogP contribution in [0.15, 0.2) is 47.5 Å². The summed E-state index contributed by atoms with van der Waals surface area (Å²) in [6, 6.07) is 14.1. The number of ether oxygens (including phenoxy) is 3. The molecule has 2 aromatic carbocycles. The molecule has 1 heterocycles.